The standard InChI is InChI=1S/C41H68O6/c1-4-5-24-30-38-39(47-38)31-26-21-17-13-8-6-7-9-14-18-22-27-32-40(43)45-35-37(34-42)46-41(44)33-28-23-19-15-11-10-12-16-20-25-29-36(2)3/h5,7-9,13,18,21-22,24,26,36-39,42H,4,6,10-12,14-17,19-20,23,25,27-35H2,1-3H3/b9-7-,13-8-,22-18-,24-5-,26-21-/t37-,38?,39?/m0/s1. The van der Waals surface area contributed by atoms with Gasteiger partial charge >= 0.3 is 11.9 Å². The summed E-state index contributed by atoms with van der Waals surface area (Å²) in [5, 5.41) is 9.53. The molecule has 268 valence electrons. The second kappa shape index (κ2) is 30.9. The van der Waals surface area contributed by atoms with Gasteiger partial charge in [-0.25, -0.2) is 0 Å². The van der Waals surface area contributed by atoms with E-state index in [2.05, 4.69) is 69.4 Å². The zero-order chi connectivity index (χ0) is 34.2. The molecule has 47 heavy (non-hydrogen) atoms. The van der Waals surface area contributed by atoms with Gasteiger partial charge in [-0.3, -0.25) is 9.59 Å². The first-order chi connectivity index (χ1) is 23.0. The van der Waals surface area contributed by atoms with Crippen LogP contribution in [0, 0.1) is 5.92 Å². The van der Waals surface area contributed by atoms with Crippen molar-refractivity contribution in [1.82, 2.24) is 0 Å². The van der Waals surface area contributed by atoms with E-state index in [1.807, 2.05) is 12.2 Å². The molecular formula is C41H68O6. The first-order valence-electron chi connectivity index (χ1n) is 18.8. The average molecular weight is 657 g/mol. The molecule has 0 radical (unpaired) electrons. The van der Waals surface area contributed by atoms with Crippen LogP contribution in [0.15, 0.2) is 60.8 Å². The maximum atomic E-state index is 12.1. The number of carbonyl (C=O) groups is 2. The third-order valence-corrected chi connectivity index (χ3v) is 8.17. The number of rotatable bonds is 31. The summed E-state index contributed by atoms with van der Waals surface area (Å²) in [4.78, 5) is 24.2. The smallest absolute Gasteiger partial charge is 0.306 e. The van der Waals surface area contributed by atoms with Gasteiger partial charge in [0.2, 0.25) is 0 Å². The number of epoxide rings is 1. The van der Waals surface area contributed by atoms with E-state index in [1.54, 1.807) is 0 Å². The Labute approximate surface area is 287 Å². The minimum absolute atomic E-state index is 0.110. The largest absolute Gasteiger partial charge is 0.462 e. The van der Waals surface area contributed by atoms with Gasteiger partial charge in [0.25, 0.3) is 0 Å². The van der Waals surface area contributed by atoms with E-state index in [0.29, 0.717) is 25.0 Å². The average Bonchev–Trinajstić information content (AvgIpc) is 3.81. The molecule has 0 bridgehead atoms. The number of hydrogen-bond donors (Lipinski definition) is 1. The number of aliphatic hydroxyl groups is 1. The predicted molar refractivity (Wildman–Crippen MR) is 195 cm³/mol. The third-order valence-electron chi connectivity index (χ3n) is 8.17. The van der Waals surface area contributed by atoms with Gasteiger partial charge in [-0.15, -0.1) is 0 Å². The molecule has 6 nitrogen and oxygen atoms in total. The first-order valence-corrected chi connectivity index (χ1v) is 18.8. The fourth-order valence-electron chi connectivity index (χ4n) is 5.22. The van der Waals surface area contributed by atoms with Crippen LogP contribution in [0.1, 0.15) is 149 Å². The van der Waals surface area contributed by atoms with Crippen LogP contribution in [0.25, 0.3) is 0 Å². The maximum absolute atomic E-state index is 12.1. The van der Waals surface area contributed by atoms with Crippen LogP contribution in [0.2, 0.25) is 0 Å². The summed E-state index contributed by atoms with van der Waals surface area (Å²) in [6, 6.07) is 0. The summed E-state index contributed by atoms with van der Waals surface area (Å²) in [5.41, 5.74) is 0. The summed E-state index contributed by atoms with van der Waals surface area (Å²) in [7, 11) is 0. The zero-order valence-electron chi connectivity index (χ0n) is 30.1. The van der Waals surface area contributed by atoms with Gasteiger partial charge < -0.3 is 19.3 Å². The van der Waals surface area contributed by atoms with Crippen LogP contribution in [-0.4, -0.2) is 48.6 Å². The van der Waals surface area contributed by atoms with Gasteiger partial charge in [-0.1, -0.05) is 146 Å². The lowest BCUT2D eigenvalue weighted by Gasteiger charge is -2.15. The molecule has 0 amide bonds. The summed E-state index contributed by atoms with van der Waals surface area (Å²) < 4.78 is 16.2. The maximum Gasteiger partial charge on any atom is 0.306 e. The van der Waals surface area contributed by atoms with Crippen LogP contribution >= 0.6 is 0 Å². The molecule has 1 fully saturated rings. The number of hydrogen-bond acceptors (Lipinski definition) is 6. The summed E-state index contributed by atoms with van der Waals surface area (Å²) in [5.74, 6) is 0.121. The number of ether oxygens (including phenoxy) is 3. The van der Waals surface area contributed by atoms with E-state index in [0.717, 1.165) is 63.7 Å². The Morgan fingerprint density at radius 1 is 0.660 bits per heavy atom. The minimum atomic E-state index is -0.805. The highest BCUT2D eigenvalue weighted by Gasteiger charge is 2.35. The molecule has 3 atom stereocenters. The van der Waals surface area contributed by atoms with E-state index in [9.17, 15) is 14.7 Å². The van der Waals surface area contributed by atoms with Crippen LogP contribution < -0.4 is 0 Å². The summed E-state index contributed by atoms with van der Waals surface area (Å²) in [6.07, 6.45) is 41.9. The molecule has 0 spiro atoms. The highest BCUT2D eigenvalue weighted by Crippen LogP contribution is 2.29. The Kier molecular flexibility index (Phi) is 28.0. The zero-order valence-corrected chi connectivity index (χ0v) is 30.1. The van der Waals surface area contributed by atoms with Crippen molar-refractivity contribution >= 4 is 11.9 Å². The van der Waals surface area contributed by atoms with Crippen molar-refractivity contribution in [3.8, 4) is 0 Å². The van der Waals surface area contributed by atoms with E-state index in [-0.39, 0.29) is 31.6 Å². The normalized spacial score (nSPS) is 17.3. The lowest BCUT2D eigenvalue weighted by Crippen LogP contribution is -2.28. The van der Waals surface area contributed by atoms with Crippen molar-refractivity contribution < 1.29 is 28.9 Å². The van der Waals surface area contributed by atoms with Crippen molar-refractivity contribution in [3.63, 3.8) is 0 Å². The third kappa shape index (κ3) is 28.3. The van der Waals surface area contributed by atoms with Crippen molar-refractivity contribution in [2.45, 2.75) is 167 Å². The molecule has 1 saturated heterocycles. The Bertz CT molecular complexity index is 915. The fraction of sp³-hybridized carbons (Fsp3) is 0.707. The minimum Gasteiger partial charge on any atom is -0.462 e. The Morgan fingerprint density at radius 2 is 1.17 bits per heavy atom. The van der Waals surface area contributed by atoms with Gasteiger partial charge in [0, 0.05) is 12.8 Å². The van der Waals surface area contributed by atoms with Crippen LogP contribution in [0.4, 0.5) is 0 Å². The van der Waals surface area contributed by atoms with Crippen molar-refractivity contribution in [1.29, 1.82) is 0 Å². The van der Waals surface area contributed by atoms with Crippen LogP contribution in [0.5, 0.6) is 0 Å². The second-order valence-corrected chi connectivity index (χ2v) is 13.1. The molecule has 0 aromatic rings. The Morgan fingerprint density at radius 3 is 1.72 bits per heavy atom. The highest BCUT2D eigenvalue weighted by molar-refractivity contribution is 5.70. The van der Waals surface area contributed by atoms with Gasteiger partial charge in [-0.2, -0.15) is 0 Å². The highest BCUT2D eigenvalue weighted by atomic mass is 16.6. The predicted octanol–water partition coefficient (Wildman–Crippen LogP) is 10.5. The molecule has 1 aliphatic rings. The lowest BCUT2D eigenvalue weighted by atomic mass is 10.0. The second-order valence-electron chi connectivity index (χ2n) is 13.1. The Hall–Kier alpha value is -2.44. The van der Waals surface area contributed by atoms with Crippen molar-refractivity contribution in [3.05, 3.63) is 60.8 Å². The molecule has 1 heterocycles. The summed E-state index contributed by atoms with van der Waals surface area (Å²) >= 11 is 0. The number of esters is 2. The first kappa shape index (κ1) is 42.6. The topological polar surface area (TPSA) is 85.4 Å². The number of aliphatic hydroxyl groups excluding tert-OH is 1. The van der Waals surface area contributed by atoms with Gasteiger partial charge in [-0.05, 0) is 57.3 Å². The number of carbonyl (C=O) groups excluding carboxylic acids is 2. The summed E-state index contributed by atoms with van der Waals surface area (Å²) in [6.45, 7) is 6.26. The van der Waals surface area contributed by atoms with E-state index < -0.39 is 6.10 Å². The van der Waals surface area contributed by atoms with E-state index in [4.69, 9.17) is 14.2 Å². The van der Waals surface area contributed by atoms with Crippen LogP contribution in [-0.2, 0) is 23.8 Å². The molecule has 2 unspecified atom stereocenters. The van der Waals surface area contributed by atoms with Gasteiger partial charge in [0.1, 0.15) is 6.61 Å². The molecule has 0 aliphatic carbocycles. The molecule has 0 aromatic carbocycles. The van der Waals surface area contributed by atoms with Gasteiger partial charge in [0.05, 0.1) is 18.8 Å². The molecule has 6 heteroatoms. The molecule has 0 saturated carbocycles. The Balaban J connectivity index is 1.95. The number of unbranched alkanes of at least 4 members (excludes halogenated alkanes) is 9. The molecule has 1 rings (SSSR count). The fourth-order valence-corrected chi connectivity index (χ4v) is 5.22. The quantitative estimate of drug-likeness (QED) is 0.0346. The van der Waals surface area contributed by atoms with Crippen molar-refractivity contribution in [2.75, 3.05) is 13.2 Å². The molecular weight excluding hydrogens is 588 g/mol. The van der Waals surface area contributed by atoms with Crippen molar-refractivity contribution in [2.24, 2.45) is 5.92 Å². The lowest BCUT2D eigenvalue weighted by molar-refractivity contribution is -0.161. The monoisotopic (exact) mass is 657 g/mol. The van der Waals surface area contributed by atoms with Crippen LogP contribution in [0.3, 0.4) is 0 Å². The van der Waals surface area contributed by atoms with E-state index in [1.165, 1.54) is 51.4 Å². The van der Waals surface area contributed by atoms with E-state index >= 15 is 0 Å². The molecule has 0 aromatic heterocycles. The molecule has 1 N–H and O–H groups in total. The van der Waals surface area contributed by atoms with Gasteiger partial charge in [0.15, 0.2) is 6.10 Å². The number of allylic oxidation sites excluding steroid dienone is 8. The SMILES string of the molecule is CC/C=C\CC1OC1C/C=C\C/C=C\C/C=C\C/C=C\CCC(=O)OC[C@H](CO)OC(=O)CCCCCCCCCCCCC(C)C. The molecule has 1 aliphatic heterocycles.